The van der Waals surface area contributed by atoms with Gasteiger partial charge in [0.2, 0.25) is 0 Å². The van der Waals surface area contributed by atoms with Crippen LogP contribution in [0, 0.1) is 11.8 Å². The van der Waals surface area contributed by atoms with E-state index < -0.39 is 0 Å². The first-order valence-electron chi connectivity index (χ1n) is 8.49. The van der Waals surface area contributed by atoms with E-state index in [1.807, 2.05) is 0 Å². The summed E-state index contributed by atoms with van der Waals surface area (Å²) in [4.78, 5) is 2.52. The predicted octanol–water partition coefficient (Wildman–Crippen LogP) is 3.88. The number of hydrogen-bond donors (Lipinski definition) is 1. The summed E-state index contributed by atoms with van der Waals surface area (Å²) in [6.45, 7) is 11.4. The van der Waals surface area contributed by atoms with Gasteiger partial charge >= 0.3 is 0 Å². The van der Waals surface area contributed by atoms with Crippen molar-refractivity contribution in [3.05, 3.63) is 35.4 Å². The second-order valence-electron chi connectivity index (χ2n) is 7.38. The first-order chi connectivity index (χ1) is 9.97. The van der Waals surface area contributed by atoms with E-state index in [1.54, 1.807) is 0 Å². The fourth-order valence-electron chi connectivity index (χ4n) is 3.48. The average molecular weight is 288 g/mol. The summed E-state index contributed by atoms with van der Waals surface area (Å²) < 4.78 is 0. The molecule has 2 atom stereocenters. The summed E-state index contributed by atoms with van der Waals surface area (Å²) in [6, 6.07) is 10.5. The normalized spacial score (nSPS) is 23.4. The molecule has 2 unspecified atom stereocenters. The maximum absolute atomic E-state index is 3.62. The molecule has 0 bridgehead atoms. The smallest absolute Gasteiger partial charge is 0.0385 e. The van der Waals surface area contributed by atoms with E-state index in [4.69, 9.17) is 0 Å². The van der Waals surface area contributed by atoms with E-state index in [-0.39, 0.29) is 0 Å². The zero-order chi connectivity index (χ0) is 15.4. The molecule has 0 spiro atoms. The van der Waals surface area contributed by atoms with Gasteiger partial charge in [-0.15, -0.1) is 0 Å². The third-order valence-corrected chi connectivity index (χ3v) is 4.53. The summed E-state index contributed by atoms with van der Waals surface area (Å²) in [7, 11) is 2.27. The Morgan fingerprint density at radius 1 is 1.14 bits per heavy atom. The van der Waals surface area contributed by atoms with Crippen LogP contribution in [0.25, 0.3) is 0 Å². The van der Waals surface area contributed by atoms with Crippen molar-refractivity contribution in [2.75, 3.05) is 20.1 Å². The van der Waals surface area contributed by atoms with Crippen molar-refractivity contribution in [2.45, 2.75) is 52.6 Å². The van der Waals surface area contributed by atoms with Crippen LogP contribution in [0.5, 0.6) is 0 Å². The fourth-order valence-corrected chi connectivity index (χ4v) is 3.48. The van der Waals surface area contributed by atoms with Crippen LogP contribution < -0.4 is 5.32 Å². The van der Waals surface area contributed by atoms with Crippen molar-refractivity contribution >= 4 is 0 Å². The van der Waals surface area contributed by atoms with Crippen molar-refractivity contribution in [3.8, 4) is 0 Å². The number of likely N-dealkylation sites (tertiary alicyclic amines) is 1. The van der Waals surface area contributed by atoms with Crippen LogP contribution >= 0.6 is 0 Å². The molecule has 1 saturated heterocycles. The van der Waals surface area contributed by atoms with Crippen LogP contribution in [0.4, 0.5) is 0 Å². The second kappa shape index (κ2) is 7.42. The molecule has 2 nitrogen and oxygen atoms in total. The minimum Gasteiger partial charge on any atom is -0.314 e. The van der Waals surface area contributed by atoms with E-state index in [9.17, 15) is 0 Å². The van der Waals surface area contributed by atoms with Gasteiger partial charge in [-0.1, -0.05) is 52.0 Å². The quantitative estimate of drug-likeness (QED) is 0.854. The van der Waals surface area contributed by atoms with Crippen LogP contribution in [-0.4, -0.2) is 31.1 Å². The van der Waals surface area contributed by atoms with Gasteiger partial charge in [0.05, 0.1) is 0 Å². The Labute approximate surface area is 130 Å². The molecule has 0 saturated carbocycles. The molecule has 1 aromatic carbocycles. The third-order valence-electron chi connectivity index (χ3n) is 4.53. The highest BCUT2D eigenvalue weighted by molar-refractivity contribution is 5.26. The molecule has 1 aliphatic heterocycles. The zero-order valence-corrected chi connectivity index (χ0v) is 14.4. The Hall–Kier alpha value is -0.860. The molecule has 1 aliphatic rings. The van der Waals surface area contributed by atoms with Crippen molar-refractivity contribution in [1.82, 2.24) is 10.2 Å². The Bertz CT molecular complexity index is 422. The number of nitrogens with zero attached hydrogens (tertiary/aromatic N) is 1. The standard InChI is InChI=1S/C19H32N2/c1-14(2)12-16-6-8-17(9-7-16)19-18(10-11-21(19)5)13-20-15(3)4/h6-9,14-15,18-20H,10-13H2,1-5H3. The summed E-state index contributed by atoms with van der Waals surface area (Å²) >= 11 is 0. The molecular weight excluding hydrogens is 256 g/mol. The summed E-state index contributed by atoms with van der Waals surface area (Å²) in [6.07, 6.45) is 2.48. The molecule has 21 heavy (non-hydrogen) atoms. The molecule has 1 fully saturated rings. The van der Waals surface area contributed by atoms with Gasteiger partial charge in [-0.3, -0.25) is 4.90 Å². The molecule has 1 aromatic rings. The monoisotopic (exact) mass is 288 g/mol. The molecule has 0 amide bonds. The molecular formula is C19H32N2. The molecule has 0 aromatic heterocycles. The lowest BCUT2D eigenvalue weighted by Crippen LogP contribution is -2.32. The Morgan fingerprint density at radius 3 is 2.38 bits per heavy atom. The van der Waals surface area contributed by atoms with E-state index in [1.165, 1.54) is 30.5 Å². The highest BCUT2D eigenvalue weighted by atomic mass is 15.2. The highest BCUT2D eigenvalue weighted by Crippen LogP contribution is 2.35. The van der Waals surface area contributed by atoms with Crippen LogP contribution in [0.2, 0.25) is 0 Å². The van der Waals surface area contributed by atoms with Gasteiger partial charge in [-0.25, -0.2) is 0 Å². The lowest BCUT2D eigenvalue weighted by atomic mass is 9.92. The van der Waals surface area contributed by atoms with E-state index in [0.29, 0.717) is 12.1 Å². The molecule has 2 rings (SSSR count). The topological polar surface area (TPSA) is 15.3 Å². The predicted molar refractivity (Wildman–Crippen MR) is 91.6 cm³/mol. The maximum atomic E-state index is 3.62. The molecule has 0 radical (unpaired) electrons. The Morgan fingerprint density at radius 2 is 1.81 bits per heavy atom. The van der Waals surface area contributed by atoms with E-state index in [2.05, 4.69) is 69.2 Å². The fraction of sp³-hybridized carbons (Fsp3) is 0.684. The summed E-state index contributed by atoms with van der Waals surface area (Å²) in [5, 5.41) is 3.62. The first-order valence-corrected chi connectivity index (χ1v) is 8.49. The van der Waals surface area contributed by atoms with Crippen LogP contribution in [0.15, 0.2) is 24.3 Å². The SMILES string of the molecule is CC(C)Cc1ccc(C2C(CNC(C)C)CCN2C)cc1. The summed E-state index contributed by atoms with van der Waals surface area (Å²) in [5.74, 6) is 1.46. The minimum atomic E-state index is 0.573. The van der Waals surface area contributed by atoms with Crippen molar-refractivity contribution in [3.63, 3.8) is 0 Å². The van der Waals surface area contributed by atoms with E-state index >= 15 is 0 Å². The van der Waals surface area contributed by atoms with Gasteiger partial charge < -0.3 is 5.32 Å². The summed E-state index contributed by atoms with van der Waals surface area (Å²) in [5.41, 5.74) is 2.95. The minimum absolute atomic E-state index is 0.573. The second-order valence-corrected chi connectivity index (χ2v) is 7.38. The van der Waals surface area contributed by atoms with Crippen LogP contribution in [0.3, 0.4) is 0 Å². The Balaban J connectivity index is 2.06. The molecule has 0 aliphatic carbocycles. The lowest BCUT2D eigenvalue weighted by molar-refractivity contribution is 0.269. The number of benzene rings is 1. The van der Waals surface area contributed by atoms with Crippen molar-refractivity contribution in [2.24, 2.45) is 11.8 Å². The van der Waals surface area contributed by atoms with Crippen LogP contribution in [-0.2, 0) is 6.42 Å². The average Bonchev–Trinajstić information content (AvgIpc) is 2.78. The number of rotatable bonds is 6. The largest absolute Gasteiger partial charge is 0.314 e. The van der Waals surface area contributed by atoms with Gasteiger partial charge in [-0.05, 0) is 49.4 Å². The first kappa shape index (κ1) is 16.5. The molecule has 2 heteroatoms. The number of hydrogen-bond acceptors (Lipinski definition) is 2. The number of nitrogens with one attached hydrogen (secondary N) is 1. The maximum Gasteiger partial charge on any atom is 0.0385 e. The van der Waals surface area contributed by atoms with Crippen molar-refractivity contribution in [1.29, 1.82) is 0 Å². The van der Waals surface area contributed by atoms with E-state index in [0.717, 1.165) is 18.4 Å². The molecule has 1 heterocycles. The highest BCUT2D eigenvalue weighted by Gasteiger charge is 2.32. The molecule has 118 valence electrons. The van der Waals surface area contributed by atoms with Gasteiger partial charge in [-0.2, -0.15) is 0 Å². The van der Waals surface area contributed by atoms with Gasteiger partial charge in [0, 0.05) is 18.6 Å². The van der Waals surface area contributed by atoms with Gasteiger partial charge in [0.1, 0.15) is 0 Å². The molecule has 1 N–H and O–H groups in total. The lowest BCUT2D eigenvalue weighted by Gasteiger charge is -2.26. The Kier molecular flexibility index (Phi) is 5.83. The van der Waals surface area contributed by atoms with Gasteiger partial charge in [0.15, 0.2) is 0 Å². The van der Waals surface area contributed by atoms with Crippen molar-refractivity contribution < 1.29 is 0 Å². The van der Waals surface area contributed by atoms with Gasteiger partial charge in [0.25, 0.3) is 0 Å². The zero-order valence-electron chi connectivity index (χ0n) is 14.4. The third kappa shape index (κ3) is 4.55. The van der Waals surface area contributed by atoms with Crippen LogP contribution in [0.1, 0.15) is 51.3 Å².